The Morgan fingerprint density at radius 3 is 2.50 bits per heavy atom. The molecular formula is C16H14FN3O3S. The van der Waals surface area contributed by atoms with Gasteiger partial charge in [0.25, 0.3) is 0 Å². The van der Waals surface area contributed by atoms with Crippen LogP contribution in [0.1, 0.15) is 6.92 Å². The molecule has 0 aliphatic rings. The molecule has 0 fully saturated rings. The van der Waals surface area contributed by atoms with Gasteiger partial charge in [0.15, 0.2) is 9.84 Å². The molecule has 0 radical (unpaired) electrons. The highest BCUT2D eigenvalue weighted by Gasteiger charge is 2.30. The van der Waals surface area contributed by atoms with Crippen LogP contribution in [0, 0.1) is 5.82 Å². The number of para-hydroxylation sites is 2. The first-order chi connectivity index (χ1) is 11.4. The van der Waals surface area contributed by atoms with Crippen LogP contribution in [-0.2, 0) is 14.6 Å². The van der Waals surface area contributed by atoms with Gasteiger partial charge in [-0.05, 0) is 43.3 Å². The van der Waals surface area contributed by atoms with Crippen molar-refractivity contribution in [2.75, 3.05) is 5.32 Å². The van der Waals surface area contributed by atoms with Crippen molar-refractivity contribution in [1.29, 1.82) is 0 Å². The van der Waals surface area contributed by atoms with Gasteiger partial charge in [-0.1, -0.05) is 12.1 Å². The number of fused-ring (bicyclic) bond motifs is 1. The van der Waals surface area contributed by atoms with E-state index in [0.717, 1.165) is 29.8 Å². The number of nitrogens with one attached hydrogen (secondary N) is 2. The summed E-state index contributed by atoms with van der Waals surface area (Å²) in [5.41, 5.74) is 1.38. The number of carbonyl (C=O) groups is 1. The summed E-state index contributed by atoms with van der Waals surface area (Å²) in [7, 11) is -3.93. The zero-order valence-electron chi connectivity index (χ0n) is 12.7. The fraction of sp³-hybridized carbons (Fsp3) is 0.125. The van der Waals surface area contributed by atoms with Crippen LogP contribution in [0.2, 0.25) is 0 Å². The molecule has 124 valence electrons. The maximum Gasteiger partial charge on any atom is 0.245 e. The SMILES string of the molecule is C[C@H](C(=O)Nc1nc2ccccc2[nH]1)S(=O)(=O)c1ccc(F)cc1. The van der Waals surface area contributed by atoms with Crippen molar-refractivity contribution >= 4 is 32.7 Å². The van der Waals surface area contributed by atoms with Crippen molar-refractivity contribution in [3.05, 3.63) is 54.3 Å². The van der Waals surface area contributed by atoms with Crippen LogP contribution >= 0.6 is 0 Å². The number of hydrogen-bond acceptors (Lipinski definition) is 4. The van der Waals surface area contributed by atoms with Gasteiger partial charge in [-0.3, -0.25) is 10.1 Å². The number of imidazole rings is 1. The lowest BCUT2D eigenvalue weighted by Crippen LogP contribution is -2.33. The van der Waals surface area contributed by atoms with Crippen LogP contribution in [0.4, 0.5) is 10.3 Å². The zero-order valence-corrected chi connectivity index (χ0v) is 13.5. The molecular weight excluding hydrogens is 333 g/mol. The highest BCUT2D eigenvalue weighted by Crippen LogP contribution is 2.19. The fourth-order valence-electron chi connectivity index (χ4n) is 2.20. The lowest BCUT2D eigenvalue weighted by atomic mass is 10.3. The summed E-state index contributed by atoms with van der Waals surface area (Å²) < 4.78 is 37.8. The van der Waals surface area contributed by atoms with Crippen molar-refractivity contribution in [3.8, 4) is 0 Å². The van der Waals surface area contributed by atoms with Gasteiger partial charge in [0.05, 0.1) is 15.9 Å². The summed E-state index contributed by atoms with van der Waals surface area (Å²) in [5.74, 6) is -1.10. The standard InChI is InChI=1S/C16H14FN3O3S/c1-10(24(22,23)12-8-6-11(17)7-9-12)15(21)20-16-18-13-4-2-3-5-14(13)19-16/h2-10H,1H3,(H2,18,19,20,21)/t10-/m1/s1. The van der Waals surface area contributed by atoms with Crippen LogP contribution in [-0.4, -0.2) is 29.5 Å². The Kier molecular flexibility index (Phi) is 4.06. The summed E-state index contributed by atoms with van der Waals surface area (Å²) in [6.45, 7) is 1.27. The zero-order chi connectivity index (χ0) is 17.3. The van der Waals surface area contributed by atoms with E-state index in [1.807, 2.05) is 6.07 Å². The fourth-order valence-corrected chi connectivity index (χ4v) is 3.46. The molecule has 0 bridgehead atoms. The molecule has 1 amide bonds. The highest BCUT2D eigenvalue weighted by atomic mass is 32.2. The smallest absolute Gasteiger partial charge is 0.245 e. The number of aromatic amines is 1. The highest BCUT2D eigenvalue weighted by molar-refractivity contribution is 7.92. The number of hydrogen-bond donors (Lipinski definition) is 2. The predicted octanol–water partition coefficient (Wildman–Crippen LogP) is 2.50. The number of amides is 1. The van der Waals surface area contributed by atoms with E-state index in [-0.39, 0.29) is 10.8 Å². The molecule has 24 heavy (non-hydrogen) atoms. The lowest BCUT2D eigenvalue weighted by Gasteiger charge is -2.12. The normalized spacial score (nSPS) is 12.9. The van der Waals surface area contributed by atoms with E-state index >= 15 is 0 Å². The number of aromatic nitrogens is 2. The second kappa shape index (κ2) is 6.04. The maximum absolute atomic E-state index is 12.9. The molecule has 1 atom stereocenters. The van der Waals surface area contributed by atoms with Gasteiger partial charge < -0.3 is 4.98 Å². The largest absolute Gasteiger partial charge is 0.324 e. The molecule has 0 spiro atoms. The molecule has 0 saturated heterocycles. The minimum Gasteiger partial charge on any atom is -0.324 e. The molecule has 6 nitrogen and oxygen atoms in total. The summed E-state index contributed by atoms with van der Waals surface area (Å²) in [5, 5.41) is 1.11. The molecule has 1 heterocycles. The van der Waals surface area contributed by atoms with E-state index in [1.54, 1.807) is 18.2 Å². The van der Waals surface area contributed by atoms with Gasteiger partial charge in [-0.25, -0.2) is 17.8 Å². The average Bonchev–Trinajstić information content (AvgIpc) is 2.96. The molecule has 2 N–H and O–H groups in total. The molecule has 0 saturated carbocycles. The van der Waals surface area contributed by atoms with Gasteiger partial charge in [0.2, 0.25) is 11.9 Å². The van der Waals surface area contributed by atoms with E-state index in [0.29, 0.717) is 5.52 Å². The van der Waals surface area contributed by atoms with Crippen LogP contribution in [0.5, 0.6) is 0 Å². The van der Waals surface area contributed by atoms with Crippen LogP contribution < -0.4 is 5.32 Å². The Morgan fingerprint density at radius 1 is 1.17 bits per heavy atom. The first kappa shape index (κ1) is 16.1. The van der Waals surface area contributed by atoms with E-state index in [1.165, 1.54) is 6.92 Å². The Labute approximate surface area is 137 Å². The third-order valence-electron chi connectivity index (χ3n) is 3.61. The number of sulfone groups is 1. The Balaban J connectivity index is 1.82. The summed E-state index contributed by atoms with van der Waals surface area (Å²) in [6.07, 6.45) is 0. The molecule has 8 heteroatoms. The van der Waals surface area contributed by atoms with Crippen LogP contribution in [0.3, 0.4) is 0 Å². The quantitative estimate of drug-likeness (QED) is 0.709. The van der Waals surface area contributed by atoms with Crippen LogP contribution in [0.15, 0.2) is 53.4 Å². The molecule has 3 aromatic rings. The van der Waals surface area contributed by atoms with Crippen molar-refractivity contribution in [3.63, 3.8) is 0 Å². The van der Waals surface area contributed by atoms with Gasteiger partial charge in [0.1, 0.15) is 11.1 Å². The molecule has 0 aliphatic heterocycles. The minimum atomic E-state index is -3.93. The first-order valence-electron chi connectivity index (χ1n) is 7.13. The maximum atomic E-state index is 12.9. The third-order valence-corrected chi connectivity index (χ3v) is 5.68. The van der Waals surface area contributed by atoms with Gasteiger partial charge in [-0.2, -0.15) is 0 Å². The van der Waals surface area contributed by atoms with Crippen molar-refractivity contribution in [2.24, 2.45) is 0 Å². The van der Waals surface area contributed by atoms with E-state index < -0.39 is 26.8 Å². The van der Waals surface area contributed by atoms with Crippen molar-refractivity contribution in [1.82, 2.24) is 9.97 Å². The predicted molar refractivity (Wildman–Crippen MR) is 87.8 cm³/mol. The Morgan fingerprint density at radius 2 is 1.83 bits per heavy atom. The molecule has 2 aromatic carbocycles. The minimum absolute atomic E-state index is 0.115. The second-order valence-electron chi connectivity index (χ2n) is 5.23. The second-order valence-corrected chi connectivity index (χ2v) is 7.50. The molecule has 1 aromatic heterocycles. The Bertz CT molecular complexity index is 964. The number of carbonyl (C=O) groups excluding carboxylic acids is 1. The number of benzene rings is 2. The number of anilines is 1. The molecule has 0 unspecified atom stereocenters. The molecule has 3 rings (SSSR count). The van der Waals surface area contributed by atoms with Crippen molar-refractivity contribution < 1.29 is 17.6 Å². The number of nitrogens with zero attached hydrogens (tertiary/aromatic N) is 1. The Hall–Kier alpha value is -2.74. The first-order valence-corrected chi connectivity index (χ1v) is 8.67. The average molecular weight is 347 g/mol. The van der Waals surface area contributed by atoms with Gasteiger partial charge >= 0.3 is 0 Å². The summed E-state index contributed by atoms with van der Waals surface area (Å²) >= 11 is 0. The third kappa shape index (κ3) is 3.00. The van der Waals surface area contributed by atoms with Gasteiger partial charge in [0, 0.05) is 0 Å². The van der Waals surface area contributed by atoms with E-state index in [4.69, 9.17) is 0 Å². The number of rotatable bonds is 4. The van der Waals surface area contributed by atoms with E-state index in [2.05, 4.69) is 15.3 Å². The number of H-pyrrole nitrogens is 1. The summed E-state index contributed by atoms with van der Waals surface area (Å²) in [6, 6.07) is 11.5. The lowest BCUT2D eigenvalue weighted by molar-refractivity contribution is -0.115. The summed E-state index contributed by atoms with van der Waals surface area (Å²) in [4.78, 5) is 19.2. The van der Waals surface area contributed by atoms with Crippen molar-refractivity contribution in [2.45, 2.75) is 17.1 Å². The van der Waals surface area contributed by atoms with E-state index in [9.17, 15) is 17.6 Å². The topological polar surface area (TPSA) is 91.9 Å². The van der Waals surface area contributed by atoms with Crippen LogP contribution in [0.25, 0.3) is 11.0 Å². The molecule has 0 aliphatic carbocycles. The monoisotopic (exact) mass is 347 g/mol. The van der Waals surface area contributed by atoms with Gasteiger partial charge in [-0.15, -0.1) is 0 Å². The number of halogens is 1.